The lowest BCUT2D eigenvalue weighted by atomic mass is 10.2. The zero-order chi connectivity index (χ0) is 14.1. The summed E-state index contributed by atoms with van der Waals surface area (Å²) in [4.78, 5) is 0. The van der Waals surface area contributed by atoms with Crippen molar-refractivity contribution in [1.82, 2.24) is 5.32 Å². The standard InChI is InChI=1S/C14H20N2O3/c1-11(9-18-2)16-8-13(17)10-19-14-6-4-3-5-12(14)7-15/h3-6,11,13,16-17H,8-10H2,1-2H3. The van der Waals surface area contributed by atoms with Crippen LogP contribution < -0.4 is 10.1 Å². The van der Waals surface area contributed by atoms with Crippen molar-refractivity contribution in [2.75, 3.05) is 26.9 Å². The summed E-state index contributed by atoms with van der Waals surface area (Å²) in [5, 5.41) is 21.8. The molecular formula is C14H20N2O3. The first kappa shape index (κ1) is 15.4. The van der Waals surface area contributed by atoms with Crippen molar-refractivity contribution in [3.8, 4) is 11.8 Å². The van der Waals surface area contributed by atoms with E-state index in [-0.39, 0.29) is 12.6 Å². The second-order valence-electron chi connectivity index (χ2n) is 4.34. The van der Waals surface area contributed by atoms with Gasteiger partial charge in [0.15, 0.2) is 0 Å². The Labute approximate surface area is 113 Å². The molecule has 5 nitrogen and oxygen atoms in total. The first-order valence-corrected chi connectivity index (χ1v) is 6.19. The van der Waals surface area contributed by atoms with Crippen LogP contribution in [0.25, 0.3) is 0 Å². The second-order valence-corrected chi connectivity index (χ2v) is 4.34. The zero-order valence-electron chi connectivity index (χ0n) is 11.3. The molecule has 1 rings (SSSR count). The smallest absolute Gasteiger partial charge is 0.137 e. The number of nitrogens with one attached hydrogen (secondary N) is 1. The molecular weight excluding hydrogens is 244 g/mol. The van der Waals surface area contributed by atoms with E-state index in [1.54, 1.807) is 31.4 Å². The largest absolute Gasteiger partial charge is 0.489 e. The lowest BCUT2D eigenvalue weighted by Crippen LogP contribution is -2.38. The van der Waals surface area contributed by atoms with Crippen molar-refractivity contribution in [3.63, 3.8) is 0 Å². The number of methoxy groups -OCH3 is 1. The van der Waals surface area contributed by atoms with E-state index in [2.05, 4.69) is 5.32 Å². The first-order chi connectivity index (χ1) is 9.17. The Hall–Kier alpha value is -1.61. The van der Waals surface area contributed by atoms with E-state index < -0.39 is 6.10 Å². The van der Waals surface area contributed by atoms with Crippen molar-refractivity contribution < 1.29 is 14.6 Å². The molecule has 0 saturated carbocycles. The van der Waals surface area contributed by atoms with E-state index >= 15 is 0 Å². The third-order valence-electron chi connectivity index (χ3n) is 2.56. The Morgan fingerprint density at radius 1 is 1.37 bits per heavy atom. The van der Waals surface area contributed by atoms with Crippen molar-refractivity contribution in [3.05, 3.63) is 29.8 Å². The van der Waals surface area contributed by atoms with Crippen LogP contribution in [-0.4, -0.2) is 44.1 Å². The number of aliphatic hydroxyl groups is 1. The van der Waals surface area contributed by atoms with Gasteiger partial charge in [-0.05, 0) is 19.1 Å². The SMILES string of the molecule is COCC(C)NCC(O)COc1ccccc1C#N. The molecule has 0 aliphatic rings. The summed E-state index contributed by atoms with van der Waals surface area (Å²) in [5.41, 5.74) is 0.468. The molecule has 0 aliphatic carbocycles. The highest BCUT2D eigenvalue weighted by molar-refractivity contribution is 5.42. The topological polar surface area (TPSA) is 74.5 Å². The van der Waals surface area contributed by atoms with Crippen LogP contribution in [0.4, 0.5) is 0 Å². The van der Waals surface area contributed by atoms with Gasteiger partial charge in [-0.2, -0.15) is 5.26 Å². The Morgan fingerprint density at radius 2 is 2.11 bits per heavy atom. The fourth-order valence-corrected chi connectivity index (χ4v) is 1.58. The van der Waals surface area contributed by atoms with Crippen LogP contribution in [0.5, 0.6) is 5.75 Å². The number of para-hydroxylation sites is 1. The molecule has 0 fully saturated rings. The van der Waals surface area contributed by atoms with Crippen LogP contribution in [0.3, 0.4) is 0 Å². The van der Waals surface area contributed by atoms with Gasteiger partial charge in [0.05, 0.1) is 12.2 Å². The van der Waals surface area contributed by atoms with Gasteiger partial charge in [0.1, 0.15) is 24.5 Å². The minimum atomic E-state index is -0.633. The molecule has 5 heteroatoms. The van der Waals surface area contributed by atoms with Crippen molar-refractivity contribution in [2.45, 2.75) is 19.1 Å². The molecule has 0 aromatic heterocycles. The number of hydrogen-bond acceptors (Lipinski definition) is 5. The second kappa shape index (κ2) is 8.48. The lowest BCUT2D eigenvalue weighted by molar-refractivity contribution is 0.0972. The fraction of sp³-hybridized carbons (Fsp3) is 0.500. The number of nitrogens with zero attached hydrogens (tertiary/aromatic N) is 1. The van der Waals surface area contributed by atoms with Crippen LogP contribution in [0.2, 0.25) is 0 Å². The number of benzene rings is 1. The normalized spacial score (nSPS) is 13.6. The minimum Gasteiger partial charge on any atom is -0.489 e. The summed E-state index contributed by atoms with van der Waals surface area (Å²) in [6.07, 6.45) is -0.633. The summed E-state index contributed by atoms with van der Waals surface area (Å²) in [6, 6.07) is 9.18. The zero-order valence-corrected chi connectivity index (χ0v) is 11.3. The Kier molecular flexibility index (Phi) is 6.90. The molecule has 0 heterocycles. The average Bonchev–Trinajstić information content (AvgIpc) is 2.43. The molecule has 0 spiro atoms. The Bertz CT molecular complexity index is 417. The summed E-state index contributed by atoms with van der Waals surface area (Å²) in [6.45, 7) is 3.12. The molecule has 0 amide bonds. The van der Waals surface area contributed by atoms with Crippen LogP contribution in [0.1, 0.15) is 12.5 Å². The monoisotopic (exact) mass is 264 g/mol. The summed E-state index contributed by atoms with van der Waals surface area (Å²) >= 11 is 0. The molecule has 0 radical (unpaired) electrons. The molecule has 0 aliphatic heterocycles. The van der Waals surface area contributed by atoms with E-state index in [1.807, 2.05) is 13.0 Å². The van der Waals surface area contributed by atoms with E-state index in [1.165, 1.54) is 0 Å². The molecule has 0 saturated heterocycles. The third kappa shape index (κ3) is 5.71. The maximum Gasteiger partial charge on any atom is 0.137 e. The van der Waals surface area contributed by atoms with Gasteiger partial charge in [-0.3, -0.25) is 0 Å². The molecule has 2 N–H and O–H groups in total. The predicted octanol–water partition coefficient (Wildman–Crippen LogP) is 0.922. The highest BCUT2D eigenvalue weighted by Crippen LogP contribution is 2.16. The Balaban J connectivity index is 2.34. The highest BCUT2D eigenvalue weighted by atomic mass is 16.5. The fourth-order valence-electron chi connectivity index (χ4n) is 1.58. The molecule has 104 valence electrons. The number of nitriles is 1. The third-order valence-corrected chi connectivity index (χ3v) is 2.56. The number of ether oxygens (including phenoxy) is 2. The predicted molar refractivity (Wildman–Crippen MR) is 72.0 cm³/mol. The van der Waals surface area contributed by atoms with Crippen molar-refractivity contribution >= 4 is 0 Å². The van der Waals surface area contributed by atoms with Gasteiger partial charge in [0, 0.05) is 19.7 Å². The number of aliphatic hydroxyl groups excluding tert-OH is 1. The average molecular weight is 264 g/mol. The molecule has 0 bridgehead atoms. The van der Waals surface area contributed by atoms with Crippen LogP contribution in [0, 0.1) is 11.3 Å². The molecule has 2 atom stereocenters. The maximum atomic E-state index is 9.78. The summed E-state index contributed by atoms with van der Waals surface area (Å²) < 4.78 is 10.4. The van der Waals surface area contributed by atoms with E-state index in [4.69, 9.17) is 14.7 Å². The maximum absolute atomic E-state index is 9.78. The van der Waals surface area contributed by atoms with E-state index in [0.717, 1.165) is 0 Å². The van der Waals surface area contributed by atoms with Crippen LogP contribution in [0.15, 0.2) is 24.3 Å². The van der Waals surface area contributed by atoms with Gasteiger partial charge in [0.25, 0.3) is 0 Å². The molecule has 1 aromatic carbocycles. The minimum absolute atomic E-state index is 0.144. The Morgan fingerprint density at radius 3 is 2.79 bits per heavy atom. The quantitative estimate of drug-likeness (QED) is 0.730. The van der Waals surface area contributed by atoms with Crippen molar-refractivity contribution in [1.29, 1.82) is 5.26 Å². The number of hydrogen-bond donors (Lipinski definition) is 2. The molecule has 19 heavy (non-hydrogen) atoms. The van der Waals surface area contributed by atoms with Crippen LogP contribution >= 0.6 is 0 Å². The van der Waals surface area contributed by atoms with Gasteiger partial charge in [-0.15, -0.1) is 0 Å². The lowest BCUT2D eigenvalue weighted by Gasteiger charge is -2.17. The molecule has 2 unspecified atom stereocenters. The highest BCUT2D eigenvalue weighted by Gasteiger charge is 2.09. The summed E-state index contributed by atoms with van der Waals surface area (Å²) in [7, 11) is 1.64. The van der Waals surface area contributed by atoms with Gasteiger partial charge in [-0.25, -0.2) is 0 Å². The van der Waals surface area contributed by atoms with Gasteiger partial charge < -0.3 is 19.9 Å². The number of rotatable bonds is 8. The molecule has 1 aromatic rings. The van der Waals surface area contributed by atoms with Crippen molar-refractivity contribution in [2.24, 2.45) is 0 Å². The summed E-state index contributed by atoms with van der Waals surface area (Å²) in [5.74, 6) is 0.494. The first-order valence-electron chi connectivity index (χ1n) is 6.19. The van der Waals surface area contributed by atoms with Gasteiger partial charge in [-0.1, -0.05) is 12.1 Å². The van der Waals surface area contributed by atoms with Crippen LogP contribution in [-0.2, 0) is 4.74 Å². The van der Waals surface area contributed by atoms with E-state index in [0.29, 0.717) is 24.5 Å². The van der Waals surface area contributed by atoms with Gasteiger partial charge >= 0.3 is 0 Å². The van der Waals surface area contributed by atoms with Gasteiger partial charge in [0.2, 0.25) is 0 Å². The van der Waals surface area contributed by atoms with E-state index in [9.17, 15) is 5.11 Å².